The minimum atomic E-state index is -0.361. The van der Waals surface area contributed by atoms with Gasteiger partial charge in [-0.2, -0.15) is 0 Å². The number of rotatable bonds is 3. The van der Waals surface area contributed by atoms with Crippen LogP contribution in [0.15, 0.2) is 48.6 Å². The molecular formula is C20H20N2O3. The number of nitro benzene ring substituents is 1. The first kappa shape index (κ1) is 15.7. The van der Waals surface area contributed by atoms with Gasteiger partial charge in [-0.25, -0.2) is 0 Å². The van der Waals surface area contributed by atoms with Gasteiger partial charge in [0.15, 0.2) is 0 Å². The minimum Gasteiger partial charge on any atom is -0.495 e. The SMILES string of the molecule is COc1ccc(C)c2c1N[C@@H](c1ccc([N+](=O)[O-])cc1)[C@H]1CC=C[C@H]21. The van der Waals surface area contributed by atoms with E-state index in [-0.39, 0.29) is 16.7 Å². The van der Waals surface area contributed by atoms with E-state index in [1.54, 1.807) is 19.2 Å². The maximum absolute atomic E-state index is 10.9. The van der Waals surface area contributed by atoms with E-state index in [0.29, 0.717) is 11.8 Å². The largest absolute Gasteiger partial charge is 0.495 e. The topological polar surface area (TPSA) is 64.4 Å². The Bertz CT molecular complexity index is 858. The molecule has 0 saturated heterocycles. The summed E-state index contributed by atoms with van der Waals surface area (Å²) in [5, 5.41) is 14.6. The molecule has 5 nitrogen and oxygen atoms in total. The van der Waals surface area contributed by atoms with E-state index >= 15 is 0 Å². The van der Waals surface area contributed by atoms with E-state index in [0.717, 1.165) is 23.4 Å². The van der Waals surface area contributed by atoms with Crippen molar-refractivity contribution in [1.82, 2.24) is 0 Å². The van der Waals surface area contributed by atoms with Crippen molar-refractivity contribution in [3.05, 3.63) is 75.4 Å². The first-order valence-electron chi connectivity index (χ1n) is 8.45. The molecule has 2 aromatic carbocycles. The molecule has 2 aromatic rings. The molecule has 25 heavy (non-hydrogen) atoms. The zero-order chi connectivity index (χ0) is 17.6. The van der Waals surface area contributed by atoms with Gasteiger partial charge in [0, 0.05) is 18.1 Å². The molecule has 0 amide bonds. The lowest BCUT2D eigenvalue weighted by atomic mass is 9.75. The first-order chi connectivity index (χ1) is 12.1. The number of methoxy groups -OCH3 is 1. The zero-order valence-electron chi connectivity index (χ0n) is 14.2. The Labute approximate surface area is 146 Å². The summed E-state index contributed by atoms with van der Waals surface area (Å²) in [6, 6.07) is 11.1. The van der Waals surface area contributed by atoms with Crippen molar-refractivity contribution < 1.29 is 9.66 Å². The summed E-state index contributed by atoms with van der Waals surface area (Å²) in [6.07, 6.45) is 5.52. The normalized spacial score (nSPS) is 23.5. The Morgan fingerprint density at radius 1 is 1.20 bits per heavy atom. The van der Waals surface area contributed by atoms with Crippen LogP contribution in [-0.4, -0.2) is 12.0 Å². The smallest absolute Gasteiger partial charge is 0.269 e. The third-order valence-electron chi connectivity index (χ3n) is 5.38. The van der Waals surface area contributed by atoms with Crippen molar-refractivity contribution >= 4 is 11.4 Å². The Kier molecular flexibility index (Phi) is 3.71. The molecule has 3 atom stereocenters. The lowest BCUT2D eigenvalue weighted by Crippen LogP contribution is -2.30. The molecule has 128 valence electrons. The minimum absolute atomic E-state index is 0.101. The second-order valence-electron chi connectivity index (χ2n) is 6.70. The van der Waals surface area contributed by atoms with E-state index in [2.05, 4.69) is 30.5 Å². The molecule has 5 heteroatoms. The monoisotopic (exact) mass is 336 g/mol. The van der Waals surface area contributed by atoms with Gasteiger partial charge in [0.1, 0.15) is 5.75 Å². The van der Waals surface area contributed by atoms with Crippen LogP contribution in [0.25, 0.3) is 0 Å². The quantitative estimate of drug-likeness (QED) is 0.499. The number of fused-ring (bicyclic) bond motifs is 3. The molecule has 1 aliphatic carbocycles. The van der Waals surface area contributed by atoms with Gasteiger partial charge in [-0.3, -0.25) is 10.1 Å². The van der Waals surface area contributed by atoms with Crippen LogP contribution in [0.5, 0.6) is 5.75 Å². The van der Waals surface area contributed by atoms with Crippen LogP contribution in [0.3, 0.4) is 0 Å². The maximum Gasteiger partial charge on any atom is 0.269 e. The van der Waals surface area contributed by atoms with Crippen LogP contribution in [0, 0.1) is 23.0 Å². The third kappa shape index (κ3) is 2.47. The van der Waals surface area contributed by atoms with E-state index in [1.165, 1.54) is 11.1 Å². The molecule has 0 radical (unpaired) electrons. The van der Waals surface area contributed by atoms with Gasteiger partial charge in [0.2, 0.25) is 0 Å². The van der Waals surface area contributed by atoms with Crippen molar-refractivity contribution in [3.63, 3.8) is 0 Å². The average molecular weight is 336 g/mol. The van der Waals surface area contributed by atoms with Gasteiger partial charge in [-0.1, -0.05) is 30.4 Å². The summed E-state index contributed by atoms with van der Waals surface area (Å²) < 4.78 is 5.57. The van der Waals surface area contributed by atoms with Crippen molar-refractivity contribution in [1.29, 1.82) is 0 Å². The second kappa shape index (κ2) is 5.92. The highest BCUT2D eigenvalue weighted by Crippen LogP contribution is 2.53. The molecule has 0 saturated carbocycles. The van der Waals surface area contributed by atoms with E-state index in [1.807, 2.05) is 18.2 Å². The molecule has 0 fully saturated rings. The van der Waals surface area contributed by atoms with Crippen LogP contribution in [0.2, 0.25) is 0 Å². The Morgan fingerprint density at radius 3 is 2.64 bits per heavy atom. The summed E-state index contributed by atoms with van der Waals surface area (Å²) >= 11 is 0. The fourth-order valence-corrected chi connectivity index (χ4v) is 4.17. The molecule has 1 N–H and O–H groups in total. The second-order valence-corrected chi connectivity index (χ2v) is 6.70. The maximum atomic E-state index is 10.9. The number of non-ortho nitro benzene ring substituents is 1. The van der Waals surface area contributed by atoms with Crippen LogP contribution in [-0.2, 0) is 0 Å². The van der Waals surface area contributed by atoms with Crippen molar-refractivity contribution in [2.75, 3.05) is 12.4 Å². The lowest BCUT2D eigenvalue weighted by molar-refractivity contribution is -0.384. The molecule has 4 rings (SSSR count). The van der Waals surface area contributed by atoms with Crippen molar-refractivity contribution in [2.24, 2.45) is 5.92 Å². The number of aryl methyl sites for hydroxylation is 1. The van der Waals surface area contributed by atoms with Gasteiger partial charge < -0.3 is 10.1 Å². The highest BCUT2D eigenvalue weighted by Gasteiger charge is 2.39. The average Bonchev–Trinajstić information content (AvgIpc) is 3.11. The third-order valence-corrected chi connectivity index (χ3v) is 5.38. The number of benzene rings is 2. The predicted octanol–water partition coefficient (Wildman–Crippen LogP) is 4.74. The Hall–Kier alpha value is -2.82. The van der Waals surface area contributed by atoms with E-state index in [9.17, 15) is 10.1 Å². The Balaban J connectivity index is 1.79. The Morgan fingerprint density at radius 2 is 1.96 bits per heavy atom. The van der Waals surface area contributed by atoms with E-state index < -0.39 is 0 Å². The number of nitro groups is 1. The number of hydrogen-bond acceptors (Lipinski definition) is 4. The van der Waals surface area contributed by atoms with Gasteiger partial charge >= 0.3 is 0 Å². The van der Waals surface area contributed by atoms with Crippen molar-refractivity contribution in [2.45, 2.75) is 25.3 Å². The van der Waals surface area contributed by atoms with E-state index in [4.69, 9.17) is 4.74 Å². The summed E-state index contributed by atoms with van der Waals surface area (Å²) in [5.41, 5.74) is 4.79. The first-order valence-corrected chi connectivity index (χ1v) is 8.45. The standard InChI is InChI=1S/C20H20N2O3/c1-12-6-11-17(25-2)20-18(12)15-4-3-5-16(15)19(21-20)13-7-9-14(10-8-13)22(23)24/h3-4,6-11,15-16,19,21H,5H2,1-2H3/t15-,16-,19-/m0/s1. The molecule has 0 spiro atoms. The highest BCUT2D eigenvalue weighted by atomic mass is 16.6. The molecular weight excluding hydrogens is 316 g/mol. The number of nitrogens with zero attached hydrogens (tertiary/aromatic N) is 1. The molecule has 0 unspecified atom stereocenters. The molecule has 1 aliphatic heterocycles. The van der Waals surface area contributed by atoms with Crippen LogP contribution in [0.4, 0.5) is 11.4 Å². The molecule has 0 bridgehead atoms. The molecule has 0 aromatic heterocycles. The fraction of sp³-hybridized carbons (Fsp3) is 0.300. The predicted molar refractivity (Wildman–Crippen MR) is 97.2 cm³/mol. The number of anilines is 1. The van der Waals surface area contributed by atoms with Crippen LogP contribution < -0.4 is 10.1 Å². The van der Waals surface area contributed by atoms with Crippen LogP contribution in [0.1, 0.15) is 35.1 Å². The summed E-state index contributed by atoms with van der Waals surface area (Å²) in [4.78, 5) is 10.6. The van der Waals surface area contributed by atoms with Gasteiger partial charge in [-0.05, 0) is 42.0 Å². The summed E-state index contributed by atoms with van der Waals surface area (Å²) in [6.45, 7) is 2.13. The summed E-state index contributed by atoms with van der Waals surface area (Å²) in [5.74, 6) is 1.58. The number of allylic oxidation sites excluding steroid dienone is 2. The van der Waals surface area contributed by atoms with Gasteiger partial charge in [0.25, 0.3) is 5.69 Å². The molecule has 2 aliphatic rings. The molecule has 1 heterocycles. The van der Waals surface area contributed by atoms with Crippen LogP contribution >= 0.6 is 0 Å². The fourth-order valence-electron chi connectivity index (χ4n) is 4.17. The zero-order valence-corrected chi connectivity index (χ0v) is 14.2. The summed E-state index contributed by atoms with van der Waals surface area (Å²) in [7, 11) is 1.68. The number of hydrogen-bond donors (Lipinski definition) is 1. The van der Waals surface area contributed by atoms with Gasteiger partial charge in [-0.15, -0.1) is 0 Å². The van der Waals surface area contributed by atoms with Crippen molar-refractivity contribution in [3.8, 4) is 5.75 Å². The number of ether oxygens (including phenoxy) is 1. The van der Waals surface area contributed by atoms with Gasteiger partial charge in [0.05, 0.1) is 23.8 Å². The number of nitrogens with one attached hydrogen (secondary N) is 1. The highest BCUT2D eigenvalue weighted by molar-refractivity contribution is 5.69. The lowest BCUT2D eigenvalue weighted by Gasteiger charge is -2.39.